The Morgan fingerprint density at radius 1 is 0.880 bits per heavy atom. The highest BCUT2D eigenvalue weighted by molar-refractivity contribution is 5.83. The number of ether oxygens (including phenoxy) is 1. The maximum absolute atomic E-state index is 12.4. The fraction of sp³-hybridized carbons (Fsp3) is 0.333. The lowest BCUT2D eigenvalue weighted by atomic mass is 9.88. The van der Waals surface area contributed by atoms with E-state index < -0.39 is 6.10 Å². The molecule has 0 aliphatic rings. The van der Waals surface area contributed by atoms with Crippen LogP contribution in [0.4, 0.5) is 0 Å². The lowest BCUT2D eigenvalue weighted by Crippen LogP contribution is -2.39. The van der Waals surface area contributed by atoms with Crippen LogP contribution in [0.2, 0.25) is 0 Å². The third kappa shape index (κ3) is 5.75. The zero-order valence-corrected chi connectivity index (χ0v) is 14.9. The second kappa shape index (κ2) is 9.02. The number of amides is 1. The molecule has 0 aromatic heterocycles. The van der Waals surface area contributed by atoms with Gasteiger partial charge < -0.3 is 10.1 Å². The first-order valence-corrected chi connectivity index (χ1v) is 8.57. The van der Waals surface area contributed by atoms with Crippen LogP contribution in [0.15, 0.2) is 60.7 Å². The van der Waals surface area contributed by atoms with Crippen LogP contribution in [0.25, 0.3) is 0 Å². The standard InChI is InChI=1S/C21H25NO3/c1-15(2)22-21(24)16(3)25-20(23)14-19(17-10-6-4-7-11-17)18-12-8-5-9-13-18/h4-13,15-16,19H,14H2,1-3H3,(H,22,24). The molecule has 4 heteroatoms. The molecule has 25 heavy (non-hydrogen) atoms. The molecule has 1 amide bonds. The fourth-order valence-corrected chi connectivity index (χ4v) is 2.67. The number of hydrogen-bond donors (Lipinski definition) is 1. The van der Waals surface area contributed by atoms with Gasteiger partial charge in [-0.1, -0.05) is 60.7 Å². The molecule has 0 spiro atoms. The van der Waals surface area contributed by atoms with Crippen molar-refractivity contribution in [3.8, 4) is 0 Å². The highest BCUT2D eigenvalue weighted by atomic mass is 16.5. The van der Waals surface area contributed by atoms with E-state index in [2.05, 4.69) is 5.32 Å². The normalized spacial score (nSPS) is 12.0. The molecule has 2 rings (SSSR count). The molecule has 1 N–H and O–H groups in total. The van der Waals surface area contributed by atoms with E-state index >= 15 is 0 Å². The molecule has 2 aromatic carbocycles. The van der Waals surface area contributed by atoms with Crippen LogP contribution < -0.4 is 5.32 Å². The molecular formula is C21H25NO3. The van der Waals surface area contributed by atoms with Crippen LogP contribution in [0, 0.1) is 0 Å². The molecule has 4 nitrogen and oxygen atoms in total. The van der Waals surface area contributed by atoms with Crippen molar-refractivity contribution in [1.82, 2.24) is 5.32 Å². The Morgan fingerprint density at radius 3 is 1.80 bits per heavy atom. The first kappa shape index (κ1) is 18.7. The topological polar surface area (TPSA) is 55.4 Å². The average Bonchev–Trinajstić information content (AvgIpc) is 2.60. The zero-order chi connectivity index (χ0) is 18.2. The minimum atomic E-state index is -0.804. The Balaban J connectivity index is 2.09. The number of carbonyl (C=O) groups is 2. The Bertz CT molecular complexity index is 643. The maximum Gasteiger partial charge on any atom is 0.307 e. The predicted octanol–water partition coefficient (Wildman–Crippen LogP) is 3.66. The number of carbonyl (C=O) groups excluding carboxylic acids is 2. The average molecular weight is 339 g/mol. The monoisotopic (exact) mass is 339 g/mol. The summed E-state index contributed by atoms with van der Waals surface area (Å²) in [6.07, 6.45) is -0.616. The van der Waals surface area contributed by atoms with Gasteiger partial charge in [0, 0.05) is 12.0 Å². The van der Waals surface area contributed by atoms with E-state index in [1.54, 1.807) is 6.92 Å². The molecule has 0 saturated heterocycles. The van der Waals surface area contributed by atoms with Crippen LogP contribution in [-0.2, 0) is 14.3 Å². The van der Waals surface area contributed by atoms with Gasteiger partial charge in [0.15, 0.2) is 6.10 Å². The molecule has 1 atom stereocenters. The molecule has 0 saturated carbocycles. The molecule has 0 aliphatic heterocycles. The Labute approximate surface area is 149 Å². The van der Waals surface area contributed by atoms with Crippen molar-refractivity contribution in [3.63, 3.8) is 0 Å². The summed E-state index contributed by atoms with van der Waals surface area (Å²) in [5.41, 5.74) is 2.09. The number of rotatable bonds is 7. The highest BCUT2D eigenvalue weighted by Crippen LogP contribution is 2.28. The molecule has 0 radical (unpaired) electrons. The minimum absolute atomic E-state index is 0.00929. The summed E-state index contributed by atoms with van der Waals surface area (Å²) in [5.74, 6) is -0.765. The van der Waals surface area contributed by atoms with Gasteiger partial charge in [0.25, 0.3) is 5.91 Å². The summed E-state index contributed by atoms with van der Waals surface area (Å²) in [5, 5.41) is 2.75. The highest BCUT2D eigenvalue weighted by Gasteiger charge is 2.23. The second-order valence-electron chi connectivity index (χ2n) is 6.37. The summed E-state index contributed by atoms with van der Waals surface area (Å²) in [4.78, 5) is 24.3. The van der Waals surface area contributed by atoms with Crippen molar-refractivity contribution in [2.75, 3.05) is 0 Å². The largest absolute Gasteiger partial charge is 0.453 e. The molecule has 0 fully saturated rings. The third-order valence-electron chi connectivity index (χ3n) is 3.88. The number of nitrogens with one attached hydrogen (secondary N) is 1. The lowest BCUT2D eigenvalue weighted by Gasteiger charge is -2.20. The lowest BCUT2D eigenvalue weighted by molar-refractivity contribution is -0.155. The van der Waals surface area contributed by atoms with Crippen molar-refractivity contribution >= 4 is 11.9 Å². The van der Waals surface area contributed by atoms with Gasteiger partial charge in [-0.15, -0.1) is 0 Å². The van der Waals surface area contributed by atoms with Gasteiger partial charge in [-0.2, -0.15) is 0 Å². The van der Waals surface area contributed by atoms with E-state index in [4.69, 9.17) is 4.74 Å². The van der Waals surface area contributed by atoms with Crippen LogP contribution >= 0.6 is 0 Å². The van der Waals surface area contributed by atoms with E-state index in [1.807, 2.05) is 74.5 Å². The fourth-order valence-electron chi connectivity index (χ4n) is 2.67. The number of hydrogen-bond acceptors (Lipinski definition) is 3. The van der Waals surface area contributed by atoms with E-state index in [0.29, 0.717) is 0 Å². The second-order valence-corrected chi connectivity index (χ2v) is 6.37. The minimum Gasteiger partial charge on any atom is -0.453 e. The third-order valence-corrected chi connectivity index (χ3v) is 3.88. The smallest absolute Gasteiger partial charge is 0.307 e. The molecule has 0 aliphatic carbocycles. The van der Waals surface area contributed by atoms with Crippen LogP contribution in [0.5, 0.6) is 0 Å². The van der Waals surface area contributed by atoms with Crippen molar-refractivity contribution in [2.24, 2.45) is 0 Å². The molecule has 0 bridgehead atoms. The van der Waals surface area contributed by atoms with E-state index in [0.717, 1.165) is 11.1 Å². The van der Waals surface area contributed by atoms with Crippen LogP contribution in [-0.4, -0.2) is 24.0 Å². The van der Waals surface area contributed by atoms with Gasteiger partial charge in [0.1, 0.15) is 0 Å². The van der Waals surface area contributed by atoms with Crippen molar-refractivity contribution in [2.45, 2.75) is 45.3 Å². The van der Waals surface area contributed by atoms with Crippen LogP contribution in [0.1, 0.15) is 44.2 Å². The summed E-state index contributed by atoms with van der Waals surface area (Å²) in [7, 11) is 0. The van der Waals surface area contributed by atoms with Gasteiger partial charge in [0.05, 0.1) is 6.42 Å². The Kier molecular flexibility index (Phi) is 6.75. The van der Waals surface area contributed by atoms with Gasteiger partial charge in [-0.3, -0.25) is 9.59 Å². The summed E-state index contributed by atoms with van der Waals surface area (Å²) in [6, 6.07) is 19.7. The molecule has 0 heterocycles. The SMILES string of the molecule is CC(C)NC(=O)C(C)OC(=O)CC(c1ccccc1)c1ccccc1. The molecule has 1 unspecified atom stereocenters. The summed E-state index contributed by atoms with van der Waals surface area (Å²) < 4.78 is 5.34. The maximum atomic E-state index is 12.4. The zero-order valence-electron chi connectivity index (χ0n) is 14.9. The molecule has 132 valence electrons. The van der Waals surface area contributed by atoms with Crippen LogP contribution in [0.3, 0.4) is 0 Å². The first-order valence-electron chi connectivity index (χ1n) is 8.57. The predicted molar refractivity (Wildman–Crippen MR) is 98.2 cm³/mol. The number of esters is 1. The summed E-state index contributed by atoms with van der Waals surface area (Å²) >= 11 is 0. The van der Waals surface area contributed by atoms with E-state index in [1.165, 1.54) is 0 Å². The van der Waals surface area contributed by atoms with Gasteiger partial charge in [-0.05, 0) is 31.9 Å². The van der Waals surface area contributed by atoms with E-state index in [-0.39, 0.29) is 30.3 Å². The van der Waals surface area contributed by atoms with Crippen molar-refractivity contribution in [3.05, 3.63) is 71.8 Å². The molecular weight excluding hydrogens is 314 g/mol. The Morgan fingerprint density at radius 2 is 1.36 bits per heavy atom. The quantitative estimate of drug-likeness (QED) is 0.783. The first-order chi connectivity index (χ1) is 12.0. The van der Waals surface area contributed by atoms with Gasteiger partial charge in [0.2, 0.25) is 0 Å². The van der Waals surface area contributed by atoms with Gasteiger partial charge >= 0.3 is 5.97 Å². The summed E-state index contributed by atoms with van der Waals surface area (Å²) in [6.45, 7) is 5.33. The number of benzene rings is 2. The molecule has 2 aromatic rings. The van der Waals surface area contributed by atoms with Crippen molar-refractivity contribution in [1.29, 1.82) is 0 Å². The van der Waals surface area contributed by atoms with E-state index in [9.17, 15) is 9.59 Å². The van der Waals surface area contributed by atoms with Crippen molar-refractivity contribution < 1.29 is 14.3 Å². The Hall–Kier alpha value is -2.62. The van der Waals surface area contributed by atoms with Gasteiger partial charge in [-0.25, -0.2) is 0 Å².